The maximum Gasteiger partial charge on any atom is 0.225 e. The molecule has 1 aromatic rings. The Balaban J connectivity index is 1.81. The molecule has 0 amide bonds. The van der Waals surface area contributed by atoms with Crippen LogP contribution in [0.25, 0.3) is 0 Å². The maximum absolute atomic E-state index is 4.77. The van der Waals surface area contributed by atoms with Gasteiger partial charge in [0.2, 0.25) is 5.95 Å². The lowest BCUT2D eigenvalue weighted by atomic mass is 9.99. The molecule has 1 aromatic heterocycles. The van der Waals surface area contributed by atoms with Gasteiger partial charge in [0.05, 0.1) is 0 Å². The summed E-state index contributed by atoms with van der Waals surface area (Å²) in [6.07, 6.45) is 5.12. The van der Waals surface area contributed by atoms with Gasteiger partial charge >= 0.3 is 0 Å². The van der Waals surface area contributed by atoms with E-state index in [1.165, 1.54) is 25.7 Å². The molecule has 110 valence electrons. The van der Waals surface area contributed by atoms with Crippen LogP contribution in [0.1, 0.15) is 56.8 Å². The average Bonchev–Trinajstić information content (AvgIpc) is 2.75. The molecule has 2 aliphatic heterocycles. The third-order valence-electron chi connectivity index (χ3n) is 4.77. The van der Waals surface area contributed by atoms with E-state index < -0.39 is 0 Å². The third-order valence-corrected chi connectivity index (χ3v) is 4.77. The summed E-state index contributed by atoms with van der Waals surface area (Å²) in [7, 11) is 2.16. The van der Waals surface area contributed by atoms with E-state index in [0.29, 0.717) is 24.0 Å². The summed E-state index contributed by atoms with van der Waals surface area (Å²) in [6, 6.07) is 4.09. The maximum atomic E-state index is 4.77. The molecule has 0 aromatic carbocycles. The average molecular weight is 274 g/mol. The van der Waals surface area contributed by atoms with Crippen molar-refractivity contribution in [1.29, 1.82) is 0 Å². The molecule has 2 fully saturated rings. The number of nitrogens with one attached hydrogen (secondary N) is 1. The number of aromatic nitrogens is 2. The largest absolute Gasteiger partial charge is 0.341 e. The highest BCUT2D eigenvalue weighted by Gasteiger charge is 2.35. The van der Waals surface area contributed by atoms with Gasteiger partial charge in [0.15, 0.2) is 0 Å². The van der Waals surface area contributed by atoms with Gasteiger partial charge in [-0.05, 0) is 44.6 Å². The third kappa shape index (κ3) is 2.66. The quantitative estimate of drug-likeness (QED) is 0.920. The first-order valence-corrected chi connectivity index (χ1v) is 7.87. The first kappa shape index (κ1) is 13.8. The first-order chi connectivity index (χ1) is 9.52. The predicted molar refractivity (Wildman–Crippen MR) is 82.2 cm³/mol. The van der Waals surface area contributed by atoms with Gasteiger partial charge in [-0.25, -0.2) is 9.97 Å². The molecule has 2 aliphatic rings. The fraction of sp³-hybridized carbons (Fsp3) is 0.750. The van der Waals surface area contributed by atoms with Crippen LogP contribution in [0.2, 0.25) is 0 Å². The zero-order valence-corrected chi connectivity index (χ0v) is 13.1. The van der Waals surface area contributed by atoms with Crippen LogP contribution in [0, 0.1) is 6.92 Å². The van der Waals surface area contributed by atoms with Gasteiger partial charge in [-0.15, -0.1) is 0 Å². The molecule has 2 atom stereocenters. The smallest absolute Gasteiger partial charge is 0.225 e. The minimum absolute atomic E-state index is 0.452. The van der Waals surface area contributed by atoms with E-state index in [-0.39, 0.29) is 0 Å². The molecule has 2 bridgehead atoms. The van der Waals surface area contributed by atoms with Gasteiger partial charge < -0.3 is 10.2 Å². The van der Waals surface area contributed by atoms with Gasteiger partial charge in [0.1, 0.15) is 0 Å². The number of rotatable bonds is 3. The summed E-state index contributed by atoms with van der Waals surface area (Å²) in [5.74, 6) is 1.35. The summed E-state index contributed by atoms with van der Waals surface area (Å²) in [4.78, 5) is 11.7. The van der Waals surface area contributed by atoms with E-state index in [1.807, 2.05) is 0 Å². The minimum atomic E-state index is 0.452. The standard InChI is InChI=1S/C16H26N4/c1-10(2)15-7-11(3)17-16(19-15)20(4)14-8-12-5-6-13(9-14)18-12/h7,10,12-14,18H,5-6,8-9H2,1-4H3. The van der Waals surface area contributed by atoms with Crippen LogP contribution >= 0.6 is 0 Å². The van der Waals surface area contributed by atoms with E-state index in [9.17, 15) is 0 Å². The Morgan fingerprint density at radius 2 is 1.85 bits per heavy atom. The number of hydrogen-bond acceptors (Lipinski definition) is 4. The van der Waals surface area contributed by atoms with Gasteiger partial charge in [0.25, 0.3) is 0 Å². The Morgan fingerprint density at radius 1 is 1.20 bits per heavy atom. The summed E-state index contributed by atoms with van der Waals surface area (Å²) in [5.41, 5.74) is 2.22. The van der Waals surface area contributed by atoms with E-state index in [2.05, 4.69) is 49.1 Å². The molecule has 2 unspecified atom stereocenters. The number of hydrogen-bond donors (Lipinski definition) is 1. The van der Waals surface area contributed by atoms with Gasteiger partial charge in [-0.2, -0.15) is 0 Å². The fourth-order valence-corrected chi connectivity index (χ4v) is 3.54. The van der Waals surface area contributed by atoms with Gasteiger partial charge in [0, 0.05) is 36.6 Å². The topological polar surface area (TPSA) is 41.1 Å². The summed E-state index contributed by atoms with van der Waals surface area (Å²) < 4.78 is 0. The van der Waals surface area contributed by atoms with Crippen LogP contribution in [0.4, 0.5) is 5.95 Å². The molecular weight excluding hydrogens is 248 g/mol. The van der Waals surface area contributed by atoms with E-state index in [4.69, 9.17) is 4.98 Å². The van der Waals surface area contributed by atoms with E-state index in [1.54, 1.807) is 0 Å². The lowest BCUT2D eigenvalue weighted by Crippen LogP contribution is -2.47. The highest BCUT2D eigenvalue weighted by atomic mass is 15.3. The van der Waals surface area contributed by atoms with Crippen LogP contribution in [0.3, 0.4) is 0 Å². The number of piperidine rings is 1. The van der Waals surface area contributed by atoms with Gasteiger partial charge in [-0.3, -0.25) is 0 Å². The molecule has 0 saturated carbocycles. The second-order valence-corrected chi connectivity index (χ2v) is 6.76. The van der Waals surface area contributed by atoms with Crippen LogP contribution in [0.15, 0.2) is 6.07 Å². The van der Waals surface area contributed by atoms with Crippen molar-refractivity contribution >= 4 is 5.95 Å². The van der Waals surface area contributed by atoms with E-state index in [0.717, 1.165) is 17.3 Å². The summed E-state index contributed by atoms with van der Waals surface area (Å²) in [5, 5.41) is 3.70. The molecule has 20 heavy (non-hydrogen) atoms. The van der Waals surface area contributed by atoms with Crippen molar-refractivity contribution in [2.75, 3.05) is 11.9 Å². The van der Waals surface area contributed by atoms with Crippen LogP contribution in [-0.2, 0) is 0 Å². The van der Waals surface area contributed by atoms with E-state index >= 15 is 0 Å². The monoisotopic (exact) mass is 274 g/mol. The normalized spacial score (nSPS) is 28.9. The molecule has 3 rings (SSSR count). The molecule has 0 aliphatic carbocycles. The fourth-order valence-electron chi connectivity index (χ4n) is 3.54. The van der Waals surface area contributed by atoms with Crippen LogP contribution in [-0.4, -0.2) is 35.1 Å². The lowest BCUT2D eigenvalue weighted by Gasteiger charge is -2.35. The van der Waals surface area contributed by atoms with Crippen molar-refractivity contribution in [3.8, 4) is 0 Å². The number of nitrogens with zero attached hydrogens (tertiary/aromatic N) is 3. The number of aryl methyl sites for hydroxylation is 1. The van der Waals surface area contributed by atoms with Crippen molar-refractivity contribution in [2.45, 2.75) is 70.5 Å². The second kappa shape index (κ2) is 5.32. The molecule has 0 radical (unpaired) electrons. The Morgan fingerprint density at radius 3 is 2.45 bits per heavy atom. The molecule has 2 saturated heterocycles. The Kier molecular flexibility index (Phi) is 3.67. The summed E-state index contributed by atoms with van der Waals surface area (Å²) in [6.45, 7) is 6.45. The molecular formula is C16H26N4. The molecule has 0 spiro atoms. The number of fused-ring (bicyclic) bond motifs is 2. The SMILES string of the molecule is Cc1cc(C(C)C)nc(N(C)C2CC3CCC(C2)N3)n1. The first-order valence-electron chi connectivity index (χ1n) is 7.87. The Hall–Kier alpha value is -1.16. The molecule has 4 nitrogen and oxygen atoms in total. The van der Waals surface area contributed by atoms with Crippen molar-refractivity contribution in [3.05, 3.63) is 17.5 Å². The van der Waals surface area contributed by atoms with Crippen molar-refractivity contribution < 1.29 is 0 Å². The minimum Gasteiger partial charge on any atom is -0.341 e. The Bertz CT molecular complexity index is 473. The molecule has 1 N–H and O–H groups in total. The van der Waals surface area contributed by atoms with Crippen molar-refractivity contribution in [3.63, 3.8) is 0 Å². The highest BCUT2D eigenvalue weighted by Crippen LogP contribution is 2.30. The van der Waals surface area contributed by atoms with Gasteiger partial charge in [-0.1, -0.05) is 13.8 Å². The zero-order valence-electron chi connectivity index (χ0n) is 13.1. The Labute approximate surface area is 122 Å². The molecule has 4 heteroatoms. The predicted octanol–water partition coefficient (Wildman–Crippen LogP) is 2.63. The highest BCUT2D eigenvalue weighted by molar-refractivity contribution is 5.34. The second-order valence-electron chi connectivity index (χ2n) is 6.76. The van der Waals surface area contributed by atoms with Crippen molar-refractivity contribution in [1.82, 2.24) is 15.3 Å². The zero-order chi connectivity index (χ0) is 14.3. The number of anilines is 1. The molecule has 3 heterocycles. The van der Waals surface area contributed by atoms with Crippen molar-refractivity contribution in [2.24, 2.45) is 0 Å². The van der Waals surface area contributed by atoms with Crippen LogP contribution < -0.4 is 10.2 Å². The van der Waals surface area contributed by atoms with Crippen LogP contribution in [0.5, 0.6) is 0 Å². The summed E-state index contributed by atoms with van der Waals surface area (Å²) >= 11 is 0. The lowest BCUT2D eigenvalue weighted by molar-refractivity contribution is 0.352.